The molecule has 0 saturated heterocycles. The summed E-state index contributed by atoms with van der Waals surface area (Å²) in [5.41, 5.74) is 0. The van der Waals surface area contributed by atoms with E-state index in [1.54, 1.807) is 5.32 Å². The lowest BCUT2D eigenvalue weighted by molar-refractivity contribution is -0.122. The highest BCUT2D eigenvalue weighted by Crippen LogP contribution is 2.12. The molecule has 9 heteroatoms. The number of urea groups is 1. The van der Waals surface area contributed by atoms with Gasteiger partial charge in [-0.3, -0.25) is 5.32 Å². The highest BCUT2D eigenvalue weighted by atomic mass is 79.9. The number of nitrogens with one attached hydrogen (secondary N) is 2. The number of carbonyl (C=O) groups is 1. The second-order valence-corrected chi connectivity index (χ2v) is 3.46. The van der Waals surface area contributed by atoms with Gasteiger partial charge in [-0.15, -0.1) is 0 Å². The first-order valence-corrected chi connectivity index (χ1v) is 4.75. The number of hydrogen-bond donors (Lipinski definition) is 2. The molecule has 0 atom stereocenters. The summed E-state index contributed by atoms with van der Waals surface area (Å²) in [5.74, 6) is 0.0582. The van der Waals surface area contributed by atoms with E-state index in [1.807, 2.05) is 0 Å². The van der Waals surface area contributed by atoms with Gasteiger partial charge in [0, 0.05) is 0 Å². The van der Waals surface area contributed by atoms with Crippen molar-refractivity contribution in [3.63, 3.8) is 0 Å². The Morgan fingerprint density at radius 3 is 2.56 bits per heavy atom. The summed E-state index contributed by atoms with van der Waals surface area (Å²) >= 11 is 3.02. The fraction of sp³-hybridized carbons (Fsp3) is 0.286. The molecule has 0 fully saturated rings. The molecule has 0 aromatic carbocycles. The summed E-state index contributed by atoms with van der Waals surface area (Å²) in [5, 5.41) is 3.73. The first kappa shape index (κ1) is 12.7. The van der Waals surface area contributed by atoms with Crippen LogP contribution in [0.3, 0.4) is 0 Å². The molecule has 0 bridgehead atoms. The van der Waals surface area contributed by atoms with Gasteiger partial charge in [-0.05, 0) is 15.9 Å². The summed E-state index contributed by atoms with van der Waals surface area (Å²) in [4.78, 5) is 18.4. The Balaban J connectivity index is 2.43. The van der Waals surface area contributed by atoms with E-state index in [0.29, 0.717) is 4.60 Å². The number of alkyl halides is 3. The average Bonchev–Trinajstić information content (AvgIpc) is 2.18. The molecule has 1 heterocycles. The lowest BCUT2D eigenvalue weighted by atomic mass is 10.6. The third-order valence-electron chi connectivity index (χ3n) is 1.31. The fourth-order valence-corrected chi connectivity index (χ4v) is 0.923. The van der Waals surface area contributed by atoms with E-state index in [2.05, 4.69) is 31.2 Å². The van der Waals surface area contributed by atoms with Crippen molar-refractivity contribution in [1.29, 1.82) is 0 Å². The van der Waals surface area contributed by atoms with Gasteiger partial charge in [0.15, 0.2) is 5.82 Å². The third kappa shape index (κ3) is 4.91. The minimum Gasteiger partial charge on any atom is -0.329 e. The maximum absolute atomic E-state index is 11.7. The van der Waals surface area contributed by atoms with Crippen molar-refractivity contribution in [2.75, 3.05) is 11.9 Å². The molecule has 0 saturated carbocycles. The normalized spacial score (nSPS) is 11.0. The van der Waals surface area contributed by atoms with Crippen LogP contribution in [-0.2, 0) is 0 Å². The Hall–Kier alpha value is -1.38. The quantitative estimate of drug-likeness (QED) is 0.877. The first-order chi connectivity index (χ1) is 7.37. The van der Waals surface area contributed by atoms with Crippen molar-refractivity contribution in [3.05, 3.63) is 17.0 Å². The molecule has 0 aliphatic heterocycles. The lowest BCUT2D eigenvalue weighted by Gasteiger charge is -2.08. The Kier molecular flexibility index (Phi) is 4.05. The number of carbonyl (C=O) groups excluding carboxylic acids is 1. The van der Waals surface area contributed by atoms with Crippen LogP contribution in [0.25, 0.3) is 0 Å². The van der Waals surface area contributed by atoms with Crippen molar-refractivity contribution in [2.45, 2.75) is 6.18 Å². The second kappa shape index (κ2) is 5.10. The average molecular weight is 299 g/mol. The molecule has 2 amide bonds. The number of aromatic nitrogens is 2. The van der Waals surface area contributed by atoms with Crippen LogP contribution < -0.4 is 10.6 Å². The highest BCUT2D eigenvalue weighted by Gasteiger charge is 2.27. The standard InChI is InChI=1S/C7H6BrF3N4O/c8-4-1-13-5(2-12-4)15-6(16)14-3-7(9,10)11/h1-2H,3H2,(H2,13,14,15,16). The molecule has 1 aromatic heterocycles. The zero-order valence-electron chi connectivity index (χ0n) is 7.68. The van der Waals surface area contributed by atoms with Gasteiger partial charge in [0.2, 0.25) is 0 Å². The number of halogens is 4. The van der Waals surface area contributed by atoms with Crippen molar-refractivity contribution in [1.82, 2.24) is 15.3 Å². The molecule has 0 radical (unpaired) electrons. The van der Waals surface area contributed by atoms with E-state index in [1.165, 1.54) is 12.4 Å². The monoisotopic (exact) mass is 298 g/mol. The molecular formula is C7H6BrF3N4O. The van der Waals surface area contributed by atoms with Crippen LogP contribution >= 0.6 is 15.9 Å². The Morgan fingerprint density at radius 1 is 1.38 bits per heavy atom. The van der Waals surface area contributed by atoms with Gasteiger partial charge in [-0.1, -0.05) is 0 Å². The lowest BCUT2D eigenvalue weighted by Crippen LogP contribution is -2.36. The zero-order chi connectivity index (χ0) is 12.2. The van der Waals surface area contributed by atoms with Crippen LogP contribution in [0.4, 0.5) is 23.8 Å². The largest absolute Gasteiger partial charge is 0.405 e. The molecule has 0 unspecified atom stereocenters. The maximum atomic E-state index is 11.7. The van der Waals surface area contributed by atoms with Crippen LogP contribution in [0, 0.1) is 0 Å². The van der Waals surface area contributed by atoms with E-state index in [4.69, 9.17) is 0 Å². The van der Waals surface area contributed by atoms with E-state index >= 15 is 0 Å². The first-order valence-electron chi connectivity index (χ1n) is 3.96. The third-order valence-corrected chi connectivity index (χ3v) is 1.72. The molecule has 88 valence electrons. The summed E-state index contributed by atoms with van der Waals surface area (Å²) in [6.07, 6.45) is -1.93. The fourth-order valence-electron chi connectivity index (χ4n) is 0.718. The maximum Gasteiger partial charge on any atom is 0.405 e. The molecule has 2 N–H and O–H groups in total. The summed E-state index contributed by atoms with van der Waals surface area (Å²) < 4.78 is 35.6. The van der Waals surface area contributed by atoms with Gasteiger partial charge in [-0.25, -0.2) is 14.8 Å². The van der Waals surface area contributed by atoms with Crippen molar-refractivity contribution < 1.29 is 18.0 Å². The second-order valence-electron chi connectivity index (χ2n) is 2.65. The van der Waals surface area contributed by atoms with E-state index < -0.39 is 18.8 Å². The molecule has 5 nitrogen and oxygen atoms in total. The number of anilines is 1. The summed E-state index contributed by atoms with van der Waals surface area (Å²) in [7, 11) is 0. The minimum atomic E-state index is -4.44. The topological polar surface area (TPSA) is 66.9 Å². The smallest absolute Gasteiger partial charge is 0.329 e. The summed E-state index contributed by atoms with van der Waals surface area (Å²) in [6, 6.07) is -0.992. The number of nitrogens with zero attached hydrogens (tertiary/aromatic N) is 2. The summed E-state index contributed by atoms with van der Waals surface area (Å²) in [6.45, 7) is -1.40. The molecule has 0 aliphatic carbocycles. The molecular weight excluding hydrogens is 293 g/mol. The van der Waals surface area contributed by atoms with Crippen LogP contribution in [0.2, 0.25) is 0 Å². The van der Waals surface area contributed by atoms with E-state index in [0.717, 1.165) is 0 Å². The molecule has 1 aromatic rings. The van der Waals surface area contributed by atoms with Gasteiger partial charge in [0.1, 0.15) is 11.1 Å². The SMILES string of the molecule is O=C(NCC(F)(F)F)Nc1cnc(Br)cn1. The predicted octanol–water partition coefficient (Wildman–Crippen LogP) is 1.92. The molecule has 0 aliphatic rings. The van der Waals surface area contributed by atoms with Crippen LogP contribution in [-0.4, -0.2) is 28.7 Å². The van der Waals surface area contributed by atoms with E-state index in [9.17, 15) is 18.0 Å². The molecule has 1 rings (SSSR count). The van der Waals surface area contributed by atoms with Gasteiger partial charge in [0.25, 0.3) is 0 Å². The number of amides is 2. The van der Waals surface area contributed by atoms with Gasteiger partial charge < -0.3 is 5.32 Å². The van der Waals surface area contributed by atoms with Gasteiger partial charge in [-0.2, -0.15) is 13.2 Å². The van der Waals surface area contributed by atoms with Crippen molar-refractivity contribution >= 4 is 27.8 Å². The molecule has 0 spiro atoms. The highest BCUT2D eigenvalue weighted by molar-refractivity contribution is 9.10. The predicted molar refractivity (Wildman–Crippen MR) is 52.8 cm³/mol. The number of hydrogen-bond acceptors (Lipinski definition) is 3. The van der Waals surface area contributed by atoms with Crippen LogP contribution in [0.5, 0.6) is 0 Å². The zero-order valence-corrected chi connectivity index (χ0v) is 9.26. The number of rotatable bonds is 2. The Labute approximate surface area is 96.6 Å². The van der Waals surface area contributed by atoms with Crippen molar-refractivity contribution in [2.24, 2.45) is 0 Å². The Morgan fingerprint density at radius 2 is 2.06 bits per heavy atom. The van der Waals surface area contributed by atoms with Gasteiger partial charge in [0.05, 0.1) is 12.4 Å². The van der Waals surface area contributed by atoms with Gasteiger partial charge >= 0.3 is 12.2 Å². The van der Waals surface area contributed by atoms with E-state index in [-0.39, 0.29) is 5.82 Å². The Bertz CT molecular complexity index is 367. The minimum absolute atomic E-state index is 0.0582. The van der Waals surface area contributed by atoms with Crippen LogP contribution in [0.1, 0.15) is 0 Å². The van der Waals surface area contributed by atoms with Crippen molar-refractivity contribution in [3.8, 4) is 0 Å². The van der Waals surface area contributed by atoms with Crippen LogP contribution in [0.15, 0.2) is 17.0 Å². The molecule has 16 heavy (non-hydrogen) atoms.